The van der Waals surface area contributed by atoms with E-state index in [1.54, 1.807) is 37.6 Å². The summed E-state index contributed by atoms with van der Waals surface area (Å²) in [5.41, 5.74) is -0.269. The fourth-order valence-electron chi connectivity index (χ4n) is 1.58. The van der Waals surface area contributed by atoms with Crippen LogP contribution >= 0.6 is 11.6 Å². The zero-order valence-corrected chi connectivity index (χ0v) is 10.7. The molecule has 0 amide bonds. The van der Waals surface area contributed by atoms with E-state index in [1.165, 1.54) is 0 Å². The molecule has 1 aromatic heterocycles. The smallest absolute Gasteiger partial charge is 0.144 e. The number of benzene rings is 1. The van der Waals surface area contributed by atoms with Crippen molar-refractivity contribution in [2.24, 2.45) is 0 Å². The standard InChI is InChI=1S/C13H14ClN3O/c1-13(18,10-3-2-4-11(14)7-10)9-17-12-8-15-5-6-16-12/h2-8,18H,9H2,1H3,(H,16,17). The summed E-state index contributed by atoms with van der Waals surface area (Å²) in [6, 6.07) is 7.18. The van der Waals surface area contributed by atoms with E-state index in [2.05, 4.69) is 15.3 Å². The summed E-state index contributed by atoms with van der Waals surface area (Å²) in [6.07, 6.45) is 4.80. The monoisotopic (exact) mass is 263 g/mol. The molecule has 2 rings (SSSR count). The predicted molar refractivity (Wildman–Crippen MR) is 71.5 cm³/mol. The molecule has 1 heterocycles. The molecule has 4 nitrogen and oxygen atoms in total. The molecule has 0 saturated heterocycles. The molecule has 1 aromatic carbocycles. The molecule has 2 aromatic rings. The van der Waals surface area contributed by atoms with Gasteiger partial charge in [0.1, 0.15) is 11.4 Å². The van der Waals surface area contributed by atoms with Gasteiger partial charge in [0, 0.05) is 24.0 Å². The Bertz CT molecular complexity index is 517. The van der Waals surface area contributed by atoms with Gasteiger partial charge in [-0.3, -0.25) is 4.98 Å². The Morgan fingerprint density at radius 3 is 2.89 bits per heavy atom. The van der Waals surface area contributed by atoms with Crippen molar-refractivity contribution in [3.8, 4) is 0 Å². The average Bonchev–Trinajstić information content (AvgIpc) is 2.38. The number of anilines is 1. The molecule has 1 unspecified atom stereocenters. The molecule has 0 aliphatic heterocycles. The number of halogens is 1. The van der Waals surface area contributed by atoms with Gasteiger partial charge >= 0.3 is 0 Å². The Balaban J connectivity index is 2.08. The molecule has 0 aliphatic rings. The van der Waals surface area contributed by atoms with Gasteiger partial charge in [-0.1, -0.05) is 23.7 Å². The molecule has 5 heteroatoms. The Labute approximate surface area is 111 Å². The molecule has 0 bridgehead atoms. The fraction of sp³-hybridized carbons (Fsp3) is 0.231. The molecule has 0 fully saturated rings. The third-order valence-electron chi connectivity index (χ3n) is 2.62. The number of nitrogens with zero attached hydrogens (tertiary/aromatic N) is 2. The highest BCUT2D eigenvalue weighted by Gasteiger charge is 2.23. The first-order valence-corrected chi connectivity index (χ1v) is 5.94. The SMILES string of the molecule is CC(O)(CNc1cnccn1)c1cccc(Cl)c1. The zero-order valence-electron chi connectivity index (χ0n) is 9.97. The van der Waals surface area contributed by atoms with Crippen LogP contribution in [0.15, 0.2) is 42.9 Å². The van der Waals surface area contributed by atoms with Crippen LogP contribution in [-0.2, 0) is 5.60 Å². The summed E-state index contributed by atoms with van der Waals surface area (Å²) in [5.74, 6) is 0.625. The third-order valence-corrected chi connectivity index (χ3v) is 2.86. The lowest BCUT2D eigenvalue weighted by molar-refractivity contribution is 0.0714. The molecular weight excluding hydrogens is 250 g/mol. The molecule has 0 aliphatic carbocycles. The summed E-state index contributed by atoms with van der Waals surface area (Å²) in [4.78, 5) is 8.03. The number of rotatable bonds is 4. The summed E-state index contributed by atoms with van der Waals surface area (Å²) in [7, 11) is 0. The third kappa shape index (κ3) is 3.18. The van der Waals surface area contributed by atoms with Crippen LogP contribution in [0.2, 0.25) is 5.02 Å². The first-order chi connectivity index (χ1) is 8.58. The Morgan fingerprint density at radius 2 is 2.22 bits per heavy atom. The van der Waals surface area contributed by atoms with Gasteiger partial charge in [-0.2, -0.15) is 0 Å². The van der Waals surface area contributed by atoms with Crippen LogP contribution in [-0.4, -0.2) is 21.6 Å². The van der Waals surface area contributed by atoms with E-state index in [4.69, 9.17) is 11.6 Å². The van der Waals surface area contributed by atoms with Crippen molar-refractivity contribution < 1.29 is 5.11 Å². The van der Waals surface area contributed by atoms with Gasteiger partial charge < -0.3 is 10.4 Å². The maximum Gasteiger partial charge on any atom is 0.144 e. The molecule has 1 atom stereocenters. The first-order valence-electron chi connectivity index (χ1n) is 5.56. The van der Waals surface area contributed by atoms with Gasteiger partial charge in [0.15, 0.2) is 0 Å². The van der Waals surface area contributed by atoms with Crippen molar-refractivity contribution in [2.45, 2.75) is 12.5 Å². The molecule has 0 spiro atoms. The van der Waals surface area contributed by atoms with E-state index in [9.17, 15) is 5.11 Å². The first kappa shape index (κ1) is 12.8. The average molecular weight is 264 g/mol. The van der Waals surface area contributed by atoms with Crippen LogP contribution in [0.25, 0.3) is 0 Å². The van der Waals surface area contributed by atoms with Gasteiger partial charge in [0.05, 0.1) is 6.20 Å². The normalized spacial score (nSPS) is 13.9. The second-order valence-corrected chi connectivity index (χ2v) is 4.66. The van der Waals surface area contributed by atoms with Crippen molar-refractivity contribution in [1.82, 2.24) is 9.97 Å². The van der Waals surface area contributed by atoms with E-state index in [0.717, 1.165) is 5.56 Å². The maximum atomic E-state index is 10.4. The van der Waals surface area contributed by atoms with Gasteiger partial charge in [0.2, 0.25) is 0 Å². The number of hydrogen-bond acceptors (Lipinski definition) is 4. The zero-order chi connectivity index (χ0) is 13.0. The van der Waals surface area contributed by atoms with Crippen molar-refractivity contribution >= 4 is 17.4 Å². The number of nitrogens with one attached hydrogen (secondary N) is 1. The molecule has 94 valence electrons. The van der Waals surface area contributed by atoms with Crippen molar-refractivity contribution in [2.75, 3.05) is 11.9 Å². The van der Waals surface area contributed by atoms with Crippen LogP contribution < -0.4 is 5.32 Å². The lowest BCUT2D eigenvalue weighted by atomic mass is 9.96. The summed E-state index contributed by atoms with van der Waals surface area (Å²) in [6.45, 7) is 2.05. The largest absolute Gasteiger partial charge is 0.384 e. The van der Waals surface area contributed by atoms with E-state index >= 15 is 0 Å². The van der Waals surface area contributed by atoms with Crippen LogP contribution in [0.4, 0.5) is 5.82 Å². The predicted octanol–water partition coefficient (Wildman–Crippen LogP) is 2.45. The van der Waals surface area contributed by atoms with Gasteiger partial charge in [0.25, 0.3) is 0 Å². The van der Waals surface area contributed by atoms with Gasteiger partial charge in [-0.05, 0) is 24.6 Å². The highest BCUT2D eigenvalue weighted by Crippen LogP contribution is 2.23. The van der Waals surface area contributed by atoms with Gasteiger partial charge in [-0.15, -0.1) is 0 Å². The summed E-state index contributed by atoms with van der Waals surface area (Å²) >= 11 is 5.91. The second-order valence-electron chi connectivity index (χ2n) is 4.23. The Morgan fingerprint density at radius 1 is 1.39 bits per heavy atom. The molecular formula is C13H14ClN3O. The second kappa shape index (κ2) is 5.33. The summed E-state index contributed by atoms with van der Waals surface area (Å²) in [5, 5.41) is 14.0. The Hall–Kier alpha value is -1.65. The minimum absolute atomic E-state index is 0.325. The number of hydrogen-bond donors (Lipinski definition) is 2. The quantitative estimate of drug-likeness (QED) is 0.890. The van der Waals surface area contributed by atoms with Gasteiger partial charge in [-0.25, -0.2) is 4.98 Å². The van der Waals surface area contributed by atoms with Crippen LogP contribution in [0.5, 0.6) is 0 Å². The van der Waals surface area contributed by atoms with E-state index in [0.29, 0.717) is 17.4 Å². The van der Waals surface area contributed by atoms with Crippen molar-refractivity contribution in [1.29, 1.82) is 0 Å². The lowest BCUT2D eigenvalue weighted by Crippen LogP contribution is -2.31. The number of aliphatic hydroxyl groups is 1. The van der Waals surface area contributed by atoms with Crippen LogP contribution in [0.1, 0.15) is 12.5 Å². The maximum absolute atomic E-state index is 10.4. The highest BCUT2D eigenvalue weighted by molar-refractivity contribution is 6.30. The molecule has 0 radical (unpaired) electrons. The van der Waals surface area contributed by atoms with Crippen LogP contribution in [0.3, 0.4) is 0 Å². The highest BCUT2D eigenvalue weighted by atomic mass is 35.5. The lowest BCUT2D eigenvalue weighted by Gasteiger charge is -2.24. The van der Waals surface area contributed by atoms with E-state index in [1.807, 2.05) is 12.1 Å². The summed E-state index contributed by atoms with van der Waals surface area (Å²) < 4.78 is 0. The van der Waals surface area contributed by atoms with E-state index in [-0.39, 0.29) is 0 Å². The van der Waals surface area contributed by atoms with E-state index < -0.39 is 5.60 Å². The number of aromatic nitrogens is 2. The molecule has 0 saturated carbocycles. The van der Waals surface area contributed by atoms with Crippen LogP contribution in [0, 0.1) is 0 Å². The molecule has 18 heavy (non-hydrogen) atoms. The minimum Gasteiger partial charge on any atom is -0.384 e. The molecule has 2 N–H and O–H groups in total. The van der Waals surface area contributed by atoms with Crippen molar-refractivity contribution in [3.05, 3.63) is 53.4 Å². The van der Waals surface area contributed by atoms with Crippen molar-refractivity contribution in [3.63, 3.8) is 0 Å². The fourth-order valence-corrected chi connectivity index (χ4v) is 1.77. The minimum atomic E-state index is -1.03. The topological polar surface area (TPSA) is 58.0 Å². The Kier molecular flexibility index (Phi) is 3.79.